The van der Waals surface area contributed by atoms with Gasteiger partial charge in [0, 0.05) is 18.1 Å². The summed E-state index contributed by atoms with van der Waals surface area (Å²) in [5.74, 6) is -1.64. The molecule has 3 aromatic rings. The molecule has 7 nitrogen and oxygen atoms in total. The Morgan fingerprint density at radius 1 is 1.00 bits per heavy atom. The summed E-state index contributed by atoms with van der Waals surface area (Å²) in [4.78, 5) is 23.9. The summed E-state index contributed by atoms with van der Waals surface area (Å²) >= 11 is 0. The minimum absolute atomic E-state index is 0.0115. The molecule has 0 aliphatic rings. The van der Waals surface area contributed by atoms with Crippen molar-refractivity contribution in [3.8, 4) is 11.5 Å². The largest absolute Gasteiger partial charge is 0.505 e. The van der Waals surface area contributed by atoms with Gasteiger partial charge in [0.1, 0.15) is 5.75 Å². The van der Waals surface area contributed by atoms with Crippen molar-refractivity contribution in [3.05, 3.63) is 95.6 Å². The van der Waals surface area contributed by atoms with Crippen molar-refractivity contribution in [2.24, 2.45) is 10.2 Å². The molecule has 32 heavy (non-hydrogen) atoms. The van der Waals surface area contributed by atoms with Gasteiger partial charge in [0.15, 0.2) is 17.2 Å². The molecule has 0 aliphatic carbocycles. The Morgan fingerprint density at radius 2 is 1.75 bits per heavy atom. The molecule has 0 unspecified atom stereocenters. The van der Waals surface area contributed by atoms with Crippen LogP contribution in [0.5, 0.6) is 11.5 Å². The topological polar surface area (TPSA) is 109 Å². The van der Waals surface area contributed by atoms with E-state index in [1.807, 2.05) is 13.0 Å². The van der Waals surface area contributed by atoms with Gasteiger partial charge in [0.25, 0.3) is 0 Å². The third kappa shape index (κ3) is 5.07. The number of ether oxygens (including phenoxy) is 1. The highest BCUT2D eigenvalue weighted by Crippen LogP contribution is 2.40. The lowest BCUT2D eigenvalue weighted by molar-refractivity contribution is -0.137. The molecule has 0 aliphatic heterocycles. The molecule has 0 spiro atoms. The Hall–Kier alpha value is -4.26. The van der Waals surface area contributed by atoms with Gasteiger partial charge < -0.3 is 14.9 Å². The molecule has 0 aromatic heterocycles. The second-order valence-electron chi connectivity index (χ2n) is 6.91. The summed E-state index contributed by atoms with van der Waals surface area (Å²) in [6.45, 7) is 5.39. The van der Waals surface area contributed by atoms with Gasteiger partial charge >= 0.3 is 5.97 Å². The van der Waals surface area contributed by atoms with Crippen LogP contribution >= 0.6 is 0 Å². The van der Waals surface area contributed by atoms with Crippen molar-refractivity contribution < 1.29 is 24.5 Å². The Labute approximate surface area is 185 Å². The maximum absolute atomic E-state index is 12.7. The van der Waals surface area contributed by atoms with Crippen molar-refractivity contribution in [1.29, 1.82) is 0 Å². The zero-order valence-electron chi connectivity index (χ0n) is 17.5. The van der Waals surface area contributed by atoms with Crippen LogP contribution < -0.4 is 0 Å². The van der Waals surface area contributed by atoms with Crippen molar-refractivity contribution in [3.63, 3.8) is 0 Å². The minimum atomic E-state index is -0.491. The Balaban J connectivity index is 1.86. The summed E-state index contributed by atoms with van der Waals surface area (Å²) in [6.07, 6.45) is 1.58. The fraction of sp³-hybridized carbons (Fsp3) is 0.120. The summed E-state index contributed by atoms with van der Waals surface area (Å²) in [5, 5.41) is 29.0. The van der Waals surface area contributed by atoms with E-state index >= 15 is 0 Å². The Kier molecular flexibility index (Phi) is 7.13. The number of carbonyl (C=O) groups is 2. The van der Waals surface area contributed by atoms with E-state index in [4.69, 9.17) is 4.74 Å². The second-order valence-corrected chi connectivity index (χ2v) is 6.91. The number of phenols is 2. The van der Waals surface area contributed by atoms with Gasteiger partial charge in [0.05, 0.1) is 17.9 Å². The highest BCUT2D eigenvalue weighted by Gasteiger charge is 2.19. The van der Waals surface area contributed by atoms with Crippen LogP contribution in [0.25, 0.3) is 0 Å². The van der Waals surface area contributed by atoms with Gasteiger partial charge in [0.2, 0.25) is 0 Å². The summed E-state index contributed by atoms with van der Waals surface area (Å²) < 4.78 is 5.01. The second kappa shape index (κ2) is 10.2. The molecule has 0 atom stereocenters. The van der Waals surface area contributed by atoms with Crippen molar-refractivity contribution in [2.75, 3.05) is 6.61 Å². The van der Waals surface area contributed by atoms with Crippen LogP contribution in [0.4, 0.5) is 11.4 Å². The first kappa shape index (κ1) is 22.4. The lowest BCUT2D eigenvalue weighted by atomic mass is 10.0. The average molecular weight is 430 g/mol. The molecule has 0 heterocycles. The molecule has 3 aromatic carbocycles. The lowest BCUT2D eigenvalue weighted by Crippen LogP contribution is -2.05. The summed E-state index contributed by atoms with van der Waals surface area (Å²) in [7, 11) is 0. The number of benzene rings is 3. The van der Waals surface area contributed by atoms with E-state index < -0.39 is 17.5 Å². The highest BCUT2D eigenvalue weighted by atomic mass is 16.5. The van der Waals surface area contributed by atoms with E-state index in [1.165, 1.54) is 12.1 Å². The lowest BCUT2D eigenvalue weighted by Gasteiger charge is -2.09. The molecule has 0 amide bonds. The fourth-order valence-electron chi connectivity index (χ4n) is 3.07. The van der Waals surface area contributed by atoms with Crippen LogP contribution in [0, 0.1) is 6.92 Å². The molecule has 0 bridgehead atoms. The van der Waals surface area contributed by atoms with Crippen LogP contribution in [0.15, 0.2) is 83.5 Å². The number of phenolic OH excluding ortho intramolecular Hbond substituents is 2. The fourth-order valence-corrected chi connectivity index (χ4v) is 3.07. The monoisotopic (exact) mass is 430 g/mol. The first-order valence-corrected chi connectivity index (χ1v) is 9.86. The minimum Gasteiger partial charge on any atom is -0.505 e. The average Bonchev–Trinajstić information content (AvgIpc) is 2.81. The van der Waals surface area contributed by atoms with Gasteiger partial charge in [-0.1, -0.05) is 49.0 Å². The smallest absolute Gasteiger partial charge is 0.330 e. The molecule has 2 N–H and O–H groups in total. The Bertz CT molecular complexity index is 1190. The highest BCUT2D eigenvalue weighted by molar-refractivity contribution is 6.11. The number of hydrogen-bond acceptors (Lipinski definition) is 7. The molecule has 162 valence electrons. The maximum Gasteiger partial charge on any atom is 0.330 e. The zero-order chi connectivity index (χ0) is 23.1. The van der Waals surface area contributed by atoms with Crippen molar-refractivity contribution >= 4 is 23.1 Å². The molecule has 3 rings (SSSR count). The van der Waals surface area contributed by atoms with E-state index in [0.717, 1.165) is 17.2 Å². The molecular formula is C25H22N2O5. The molecule has 0 fully saturated rings. The van der Waals surface area contributed by atoms with Gasteiger partial charge in [-0.05, 0) is 36.2 Å². The number of nitrogens with zero attached hydrogens (tertiary/aromatic N) is 2. The predicted octanol–water partition coefficient (Wildman–Crippen LogP) is 5.32. The molecule has 0 saturated carbocycles. The third-order valence-corrected chi connectivity index (χ3v) is 4.87. The first-order chi connectivity index (χ1) is 15.4. The number of ketones is 1. The molecule has 0 radical (unpaired) electrons. The predicted molar refractivity (Wildman–Crippen MR) is 120 cm³/mol. The van der Waals surface area contributed by atoms with Gasteiger partial charge in [-0.2, -0.15) is 5.11 Å². The quantitative estimate of drug-likeness (QED) is 0.217. The van der Waals surface area contributed by atoms with E-state index in [-0.39, 0.29) is 23.6 Å². The van der Waals surface area contributed by atoms with E-state index in [2.05, 4.69) is 16.8 Å². The normalized spacial score (nSPS) is 10.8. The number of hydrogen-bond donors (Lipinski definition) is 2. The van der Waals surface area contributed by atoms with Gasteiger partial charge in [-0.25, -0.2) is 4.79 Å². The SMILES string of the molecule is C=CC(=O)OCCc1cccc(N=Nc2c(O)ccc(C(=O)c3ccccc3)c2O)c1C. The summed E-state index contributed by atoms with van der Waals surface area (Å²) in [5.41, 5.74) is 2.43. The number of carbonyl (C=O) groups excluding carboxylic acids is 2. The zero-order valence-corrected chi connectivity index (χ0v) is 17.5. The van der Waals surface area contributed by atoms with Crippen LogP contribution in [0.1, 0.15) is 27.0 Å². The van der Waals surface area contributed by atoms with Crippen molar-refractivity contribution in [1.82, 2.24) is 0 Å². The van der Waals surface area contributed by atoms with Crippen LogP contribution in [-0.2, 0) is 16.0 Å². The third-order valence-electron chi connectivity index (χ3n) is 4.87. The van der Waals surface area contributed by atoms with E-state index in [0.29, 0.717) is 17.7 Å². The van der Waals surface area contributed by atoms with Crippen LogP contribution in [0.2, 0.25) is 0 Å². The Morgan fingerprint density at radius 3 is 2.47 bits per heavy atom. The first-order valence-electron chi connectivity index (χ1n) is 9.86. The van der Waals surface area contributed by atoms with Crippen molar-refractivity contribution in [2.45, 2.75) is 13.3 Å². The number of azo groups is 1. The van der Waals surface area contributed by atoms with Gasteiger partial charge in [-0.15, -0.1) is 5.11 Å². The van der Waals surface area contributed by atoms with Crippen LogP contribution in [0.3, 0.4) is 0 Å². The molecule has 0 saturated heterocycles. The van der Waals surface area contributed by atoms with Gasteiger partial charge in [-0.3, -0.25) is 4.79 Å². The summed E-state index contributed by atoms with van der Waals surface area (Å²) in [6, 6.07) is 16.5. The standard InChI is InChI=1S/C25H22N2O5/c1-3-22(29)32-15-14-17-10-7-11-20(16(17)2)26-27-23-21(28)13-12-19(25(23)31)24(30)18-8-5-4-6-9-18/h3-13,28,31H,1,14-15H2,2H3. The number of esters is 1. The number of rotatable bonds is 8. The molecule has 7 heteroatoms. The molecular weight excluding hydrogens is 408 g/mol. The van der Waals surface area contributed by atoms with Crippen LogP contribution in [-0.4, -0.2) is 28.6 Å². The number of aromatic hydroxyl groups is 2. The maximum atomic E-state index is 12.7. The van der Waals surface area contributed by atoms with E-state index in [1.54, 1.807) is 42.5 Å². The van der Waals surface area contributed by atoms with E-state index in [9.17, 15) is 19.8 Å².